The monoisotopic (exact) mass is 420 g/mol. The molecule has 0 spiro atoms. The predicted molar refractivity (Wildman–Crippen MR) is 103 cm³/mol. The van der Waals surface area contributed by atoms with Crippen LogP contribution in [0, 0.1) is 5.92 Å². The molecule has 0 radical (unpaired) electrons. The highest BCUT2D eigenvalue weighted by atomic mass is 35.5. The second-order valence-corrected chi connectivity index (χ2v) is 6.97. The number of oxime groups is 1. The number of nitrogens with zero attached hydrogens (tertiary/aromatic N) is 2. The smallest absolute Gasteiger partial charge is 0.278 e. The predicted octanol–water partition coefficient (Wildman–Crippen LogP) is 3.30. The van der Waals surface area contributed by atoms with E-state index in [0.717, 1.165) is 4.90 Å². The molecule has 2 amide bonds. The number of methoxy groups -OCH3 is 2. The molecule has 2 aliphatic heterocycles. The summed E-state index contributed by atoms with van der Waals surface area (Å²) in [5.74, 6) is -0.801. The van der Waals surface area contributed by atoms with Crippen molar-refractivity contribution in [1.29, 1.82) is 0 Å². The van der Waals surface area contributed by atoms with Crippen molar-refractivity contribution < 1.29 is 23.9 Å². The minimum Gasteiger partial charge on any atom is -0.493 e. The molecule has 2 aromatic rings. The average molecular weight is 421 g/mol. The summed E-state index contributed by atoms with van der Waals surface area (Å²) in [6.07, 6.45) is -1.02. The van der Waals surface area contributed by atoms with Gasteiger partial charge in [-0.25, -0.2) is 4.90 Å². The largest absolute Gasteiger partial charge is 0.493 e. The van der Waals surface area contributed by atoms with E-state index < -0.39 is 23.8 Å². The molecule has 1 fully saturated rings. The summed E-state index contributed by atoms with van der Waals surface area (Å²) in [5.41, 5.74) is 1.28. The first-order chi connectivity index (χ1) is 13.5. The van der Waals surface area contributed by atoms with Gasteiger partial charge >= 0.3 is 0 Å². The Kier molecular flexibility index (Phi) is 4.64. The summed E-state index contributed by atoms with van der Waals surface area (Å²) in [5, 5.41) is 4.56. The SMILES string of the molecule is COc1ccc(C2=NOC3C(=O)N(c4ccc(Cl)c(Cl)c4)C(=O)C23)cc1OC. The molecule has 4 rings (SSSR count). The number of carbonyl (C=O) groups excluding carboxylic acids is 2. The lowest BCUT2D eigenvalue weighted by Crippen LogP contribution is -2.33. The molecule has 2 atom stereocenters. The van der Waals surface area contributed by atoms with E-state index in [2.05, 4.69) is 5.16 Å². The number of benzene rings is 2. The van der Waals surface area contributed by atoms with Gasteiger partial charge in [-0.2, -0.15) is 0 Å². The summed E-state index contributed by atoms with van der Waals surface area (Å²) >= 11 is 12.0. The van der Waals surface area contributed by atoms with Crippen molar-refractivity contribution in [1.82, 2.24) is 0 Å². The fourth-order valence-corrected chi connectivity index (χ4v) is 3.58. The van der Waals surface area contributed by atoms with Crippen LogP contribution in [0.2, 0.25) is 10.0 Å². The number of imide groups is 1. The number of anilines is 1. The third-order valence-electron chi connectivity index (χ3n) is 4.65. The van der Waals surface area contributed by atoms with Gasteiger partial charge in [-0.3, -0.25) is 9.59 Å². The van der Waals surface area contributed by atoms with Gasteiger partial charge in [0.15, 0.2) is 11.5 Å². The number of fused-ring (bicyclic) bond motifs is 1. The molecule has 144 valence electrons. The molecule has 0 aromatic heterocycles. The molecular formula is C19H14Cl2N2O5. The third kappa shape index (κ3) is 2.78. The van der Waals surface area contributed by atoms with Crippen LogP contribution in [0.1, 0.15) is 5.56 Å². The quantitative estimate of drug-likeness (QED) is 0.709. The van der Waals surface area contributed by atoms with E-state index in [9.17, 15) is 9.59 Å². The fourth-order valence-electron chi connectivity index (χ4n) is 3.29. The van der Waals surface area contributed by atoms with Crippen LogP contribution in [0.5, 0.6) is 11.5 Å². The van der Waals surface area contributed by atoms with Crippen LogP contribution in [0.4, 0.5) is 5.69 Å². The third-order valence-corrected chi connectivity index (χ3v) is 5.39. The highest BCUT2D eigenvalue weighted by Gasteiger charge is 2.56. The van der Waals surface area contributed by atoms with Crippen LogP contribution in [-0.2, 0) is 14.4 Å². The first kappa shape index (κ1) is 18.6. The molecule has 2 unspecified atom stereocenters. The lowest BCUT2D eigenvalue weighted by atomic mass is 9.94. The van der Waals surface area contributed by atoms with Crippen LogP contribution >= 0.6 is 23.2 Å². The van der Waals surface area contributed by atoms with Crippen LogP contribution < -0.4 is 14.4 Å². The van der Waals surface area contributed by atoms with Crippen molar-refractivity contribution in [3.8, 4) is 11.5 Å². The van der Waals surface area contributed by atoms with Crippen molar-refractivity contribution in [2.75, 3.05) is 19.1 Å². The molecule has 9 heteroatoms. The maximum Gasteiger partial charge on any atom is 0.278 e. The number of hydrogen-bond donors (Lipinski definition) is 0. The molecule has 7 nitrogen and oxygen atoms in total. The summed E-state index contributed by atoms with van der Waals surface area (Å²) in [4.78, 5) is 32.2. The number of hydrogen-bond acceptors (Lipinski definition) is 6. The Hall–Kier alpha value is -2.77. The minimum absolute atomic E-state index is 0.242. The first-order valence-electron chi connectivity index (χ1n) is 8.25. The molecule has 28 heavy (non-hydrogen) atoms. The molecule has 0 aliphatic carbocycles. The fraction of sp³-hybridized carbons (Fsp3) is 0.211. The van der Waals surface area contributed by atoms with Gasteiger partial charge < -0.3 is 14.3 Å². The van der Waals surface area contributed by atoms with Crippen LogP contribution in [0.25, 0.3) is 0 Å². The Morgan fingerprint density at radius 2 is 1.71 bits per heavy atom. The second-order valence-electron chi connectivity index (χ2n) is 6.16. The van der Waals surface area contributed by atoms with Gasteiger partial charge in [0, 0.05) is 5.56 Å². The Balaban J connectivity index is 1.70. The Bertz CT molecular complexity index is 1020. The molecule has 2 aromatic carbocycles. The van der Waals surface area contributed by atoms with Crippen LogP contribution in [0.15, 0.2) is 41.6 Å². The molecule has 0 bridgehead atoms. The lowest BCUT2D eigenvalue weighted by Gasteiger charge is -2.16. The standard InChI is InChI=1S/C19H14Cl2N2O5/c1-26-13-6-3-9(7-14(13)27-2)16-15-17(28-22-16)19(25)23(18(15)24)10-4-5-11(20)12(21)8-10/h3-8,15,17H,1-2H3. The summed E-state index contributed by atoms with van der Waals surface area (Å²) < 4.78 is 10.5. The molecule has 0 saturated carbocycles. The molecular weight excluding hydrogens is 407 g/mol. The highest BCUT2D eigenvalue weighted by Crippen LogP contribution is 2.38. The first-order valence-corrected chi connectivity index (χ1v) is 9.01. The summed E-state index contributed by atoms with van der Waals surface area (Å²) in [6, 6.07) is 9.65. The molecule has 1 saturated heterocycles. The number of ether oxygens (including phenoxy) is 2. The zero-order chi connectivity index (χ0) is 20.0. The summed E-state index contributed by atoms with van der Waals surface area (Å²) in [7, 11) is 3.03. The number of amides is 2. The van der Waals surface area contributed by atoms with Gasteiger partial charge in [0.05, 0.1) is 30.0 Å². The molecule has 2 aliphatic rings. The van der Waals surface area contributed by atoms with E-state index >= 15 is 0 Å². The average Bonchev–Trinajstić information content (AvgIpc) is 3.24. The zero-order valence-corrected chi connectivity index (χ0v) is 16.3. The molecule has 0 N–H and O–H groups in total. The van der Waals surface area contributed by atoms with Gasteiger partial charge in [0.1, 0.15) is 11.6 Å². The van der Waals surface area contributed by atoms with E-state index in [0.29, 0.717) is 33.5 Å². The van der Waals surface area contributed by atoms with Gasteiger partial charge in [-0.05, 0) is 36.4 Å². The maximum atomic E-state index is 13.1. The molecule has 2 heterocycles. The zero-order valence-electron chi connectivity index (χ0n) is 14.8. The van der Waals surface area contributed by atoms with Gasteiger partial charge in [-0.1, -0.05) is 28.4 Å². The highest BCUT2D eigenvalue weighted by molar-refractivity contribution is 6.42. The van der Waals surface area contributed by atoms with Crippen molar-refractivity contribution in [2.24, 2.45) is 11.1 Å². The van der Waals surface area contributed by atoms with Crippen molar-refractivity contribution >= 4 is 46.4 Å². The van der Waals surface area contributed by atoms with Crippen molar-refractivity contribution in [3.63, 3.8) is 0 Å². The normalized spacial score (nSPS) is 20.7. The van der Waals surface area contributed by atoms with E-state index in [1.165, 1.54) is 26.4 Å². The lowest BCUT2D eigenvalue weighted by molar-refractivity contribution is -0.126. The van der Waals surface area contributed by atoms with Crippen molar-refractivity contribution in [2.45, 2.75) is 6.10 Å². The topological polar surface area (TPSA) is 77.4 Å². The Morgan fingerprint density at radius 1 is 0.964 bits per heavy atom. The van der Waals surface area contributed by atoms with Gasteiger partial charge in [0.2, 0.25) is 12.0 Å². The number of rotatable bonds is 4. The van der Waals surface area contributed by atoms with E-state index in [-0.39, 0.29) is 5.02 Å². The second kappa shape index (κ2) is 7.00. The number of halogens is 2. The van der Waals surface area contributed by atoms with E-state index in [1.807, 2.05) is 0 Å². The van der Waals surface area contributed by atoms with Gasteiger partial charge in [-0.15, -0.1) is 0 Å². The van der Waals surface area contributed by atoms with E-state index in [1.54, 1.807) is 24.3 Å². The number of carbonyl (C=O) groups is 2. The summed E-state index contributed by atoms with van der Waals surface area (Å²) in [6.45, 7) is 0. The van der Waals surface area contributed by atoms with E-state index in [4.69, 9.17) is 37.5 Å². The Labute approximate surface area is 170 Å². The minimum atomic E-state index is -1.02. The van der Waals surface area contributed by atoms with Crippen LogP contribution in [0.3, 0.4) is 0 Å². The Morgan fingerprint density at radius 3 is 2.39 bits per heavy atom. The van der Waals surface area contributed by atoms with Crippen LogP contribution in [-0.4, -0.2) is 37.8 Å². The maximum absolute atomic E-state index is 13.1. The van der Waals surface area contributed by atoms with Gasteiger partial charge in [0.25, 0.3) is 5.91 Å². The van der Waals surface area contributed by atoms with Crippen molar-refractivity contribution in [3.05, 3.63) is 52.0 Å².